The van der Waals surface area contributed by atoms with Crippen molar-refractivity contribution in [2.24, 2.45) is 0 Å². The van der Waals surface area contributed by atoms with Crippen LogP contribution in [0.5, 0.6) is 5.75 Å². The van der Waals surface area contributed by atoms with Gasteiger partial charge in [-0.25, -0.2) is 0 Å². The molecule has 102 valence electrons. The van der Waals surface area contributed by atoms with Crippen molar-refractivity contribution in [1.82, 2.24) is 0 Å². The van der Waals surface area contributed by atoms with Crippen LogP contribution in [0.4, 0.5) is 0 Å². The minimum atomic E-state index is 0.159. The van der Waals surface area contributed by atoms with Gasteiger partial charge in [0.15, 0.2) is 0 Å². The molecule has 0 spiro atoms. The highest BCUT2D eigenvalue weighted by Gasteiger charge is 2.15. The Labute approximate surface area is 119 Å². The quantitative estimate of drug-likeness (QED) is 0.840. The van der Waals surface area contributed by atoms with Crippen LogP contribution in [0.2, 0.25) is 0 Å². The van der Waals surface area contributed by atoms with Gasteiger partial charge in [0.25, 0.3) is 0 Å². The maximum atomic E-state index is 5.86. The van der Waals surface area contributed by atoms with E-state index >= 15 is 0 Å². The smallest absolute Gasteiger partial charge is 0.118 e. The van der Waals surface area contributed by atoms with Gasteiger partial charge in [-0.05, 0) is 28.8 Å². The molecule has 0 radical (unpaired) electrons. The fourth-order valence-electron chi connectivity index (χ4n) is 2.43. The van der Waals surface area contributed by atoms with Crippen LogP contribution in [0.25, 0.3) is 6.08 Å². The lowest BCUT2D eigenvalue weighted by Gasteiger charge is -2.22. The fourth-order valence-corrected chi connectivity index (χ4v) is 2.43. The fraction of sp³-hybridized carbons (Fsp3) is 0.222. The molecule has 1 aliphatic heterocycles. The van der Waals surface area contributed by atoms with Gasteiger partial charge < -0.3 is 9.47 Å². The lowest BCUT2D eigenvalue weighted by atomic mass is 9.98. The molecular formula is C18H18O2. The Morgan fingerprint density at radius 3 is 2.55 bits per heavy atom. The van der Waals surface area contributed by atoms with Gasteiger partial charge in [-0.1, -0.05) is 48.6 Å². The Morgan fingerprint density at radius 1 is 1.05 bits per heavy atom. The van der Waals surface area contributed by atoms with Gasteiger partial charge in [0.1, 0.15) is 5.75 Å². The highest BCUT2D eigenvalue weighted by molar-refractivity contribution is 5.51. The van der Waals surface area contributed by atoms with Crippen LogP contribution in [0.1, 0.15) is 16.7 Å². The van der Waals surface area contributed by atoms with E-state index in [1.54, 1.807) is 7.11 Å². The summed E-state index contributed by atoms with van der Waals surface area (Å²) in [4.78, 5) is 0. The summed E-state index contributed by atoms with van der Waals surface area (Å²) >= 11 is 0. The van der Waals surface area contributed by atoms with Crippen LogP contribution in [0.15, 0.2) is 54.6 Å². The molecule has 1 atom stereocenters. The zero-order valence-electron chi connectivity index (χ0n) is 11.6. The van der Waals surface area contributed by atoms with Gasteiger partial charge in [-0.2, -0.15) is 0 Å². The molecule has 1 unspecified atom stereocenters. The molecule has 2 aromatic carbocycles. The molecule has 3 rings (SSSR count). The number of hydrogen-bond acceptors (Lipinski definition) is 2. The van der Waals surface area contributed by atoms with E-state index < -0.39 is 0 Å². The summed E-state index contributed by atoms with van der Waals surface area (Å²) in [5.41, 5.74) is 3.86. The van der Waals surface area contributed by atoms with Crippen molar-refractivity contribution in [3.8, 4) is 5.75 Å². The zero-order valence-corrected chi connectivity index (χ0v) is 11.6. The molecular weight excluding hydrogens is 248 g/mol. The van der Waals surface area contributed by atoms with Crippen molar-refractivity contribution in [3.63, 3.8) is 0 Å². The van der Waals surface area contributed by atoms with E-state index in [0.717, 1.165) is 17.7 Å². The molecule has 0 fully saturated rings. The van der Waals surface area contributed by atoms with Crippen LogP contribution in [0, 0.1) is 0 Å². The normalized spacial score (nSPS) is 17.9. The second kappa shape index (κ2) is 5.93. The van der Waals surface area contributed by atoms with Gasteiger partial charge in [0.2, 0.25) is 0 Å². The first-order chi connectivity index (χ1) is 9.85. The van der Waals surface area contributed by atoms with Crippen LogP contribution in [0.3, 0.4) is 0 Å². The minimum absolute atomic E-state index is 0.159. The van der Waals surface area contributed by atoms with Gasteiger partial charge >= 0.3 is 0 Å². The standard InChI is InChI=1S/C18H18O2/c1-19-17-9-6-14(7-10-17)8-11-18-12-15-4-2-3-5-16(15)13-20-18/h2-11,18H,12-13H2,1H3/b11-8+. The van der Waals surface area contributed by atoms with Crippen molar-refractivity contribution in [2.75, 3.05) is 7.11 Å². The van der Waals surface area contributed by atoms with Gasteiger partial charge in [0, 0.05) is 6.42 Å². The van der Waals surface area contributed by atoms with Crippen LogP contribution in [-0.2, 0) is 17.8 Å². The Morgan fingerprint density at radius 2 is 1.80 bits per heavy atom. The SMILES string of the molecule is COc1ccc(/C=C/C2Cc3ccccc3CO2)cc1. The summed E-state index contributed by atoms with van der Waals surface area (Å²) in [6.07, 6.45) is 5.35. The Hall–Kier alpha value is -2.06. The van der Waals surface area contributed by atoms with Crippen molar-refractivity contribution in [3.05, 3.63) is 71.3 Å². The van der Waals surface area contributed by atoms with Crippen molar-refractivity contribution in [1.29, 1.82) is 0 Å². The molecule has 0 aliphatic carbocycles. The topological polar surface area (TPSA) is 18.5 Å². The van der Waals surface area contributed by atoms with E-state index in [1.807, 2.05) is 24.3 Å². The Balaban J connectivity index is 1.68. The van der Waals surface area contributed by atoms with Crippen LogP contribution in [-0.4, -0.2) is 13.2 Å². The maximum Gasteiger partial charge on any atom is 0.118 e. The molecule has 1 heterocycles. The summed E-state index contributed by atoms with van der Waals surface area (Å²) < 4.78 is 11.0. The number of fused-ring (bicyclic) bond motifs is 1. The van der Waals surface area contributed by atoms with Gasteiger partial charge in [-0.15, -0.1) is 0 Å². The molecule has 0 N–H and O–H groups in total. The molecule has 0 bridgehead atoms. The van der Waals surface area contributed by atoms with Gasteiger partial charge in [-0.3, -0.25) is 0 Å². The number of benzene rings is 2. The van der Waals surface area contributed by atoms with Crippen molar-refractivity contribution >= 4 is 6.08 Å². The molecule has 2 heteroatoms. The molecule has 1 aliphatic rings. The summed E-state index contributed by atoms with van der Waals surface area (Å²) in [5, 5.41) is 0. The first kappa shape index (κ1) is 12.9. The van der Waals surface area contributed by atoms with Crippen molar-refractivity contribution in [2.45, 2.75) is 19.1 Å². The Kier molecular flexibility index (Phi) is 3.84. The average molecular weight is 266 g/mol. The molecule has 0 saturated carbocycles. The van der Waals surface area contributed by atoms with E-state index in [2.05, 4.69) is 36.4 Å². The number of hydrogen-bond donors (Lipinski definition) is 0. The predicted octanol–water partition coefficient (Wildman–Crippen LogP) is 3.85. The van der Waals surface area contributed by atoms with Crippen LogP contribution >= 0.6 is 0 Å². The second-order valence-corrected chi connectivity index (χ2v) is 4.95. The van der Waals surface area contributed by atoms with Gasteiger partial charge in [0.05, 0.1) is 19.8 Å². The molecule has 0 aromatic heterocycles. The lowest BCUT2D eigenvalue weighted by Crippen LogP contribution is -2.19. The summed E-state index contributed by atoms with van der Waals surface area (Å²) in [7, 11) is 1.68. The number of rotatable bonds is 3. The molecule has 2 nitrogen and oxygen atoms in total. The zero-order chi connectivity index (χ0) is 13.8. The lowest BCUT2D eigenvalue weighted by molar-refractivity contribution is 0.0600. The highest BCUT2D eigenvalue weighted by Crippen LogP contribution is 2.21. The third-order valence-corrected chi connectivity index (χ3v) is 3.61. The Bertz CT molecular complexity index is 599. The summed E-state index contributed by atoms with van der Waals surface area (Å²) in [6.45, 7) is 0.702. The van der Waals surface area contributed by atoms with Crippen LogP contribution < -0.4 is 4.74 Å². The monoisotopic (exact) mass is 266 g/mol. The maximum absolute atomic E-state index is 5.86. The van der Waals surface area contributed by atoms with E-state index in [4.69, 9.17) is 9.47 Å². The molecule has 20 heavy (non-hydrogen) atoms. The summed E-state index contributed by atoms with van der Waals surface area (Å²) in [6, 6.07) is 16.5. The third kappa shape index (κ3) is 2.91. The average Bonchev–Trinajstić information content (AvgIpc) is 2.53. The first-order valence-electron chi connectivity index (χ1n) is 6.86. The number of ether oxygens (including phenoxy) is 2. The largest absolute Gasteiger partial charge is 0.497 e. The molecule has 0 saturated heterocycles. The van der Waals surface area contributed by atoms with Crippen molar-refractivity contribution < 1.29 is 9.47 Å². The predicted molar refractivity (Wildman–Crippen MR) is 80.8 cm³/mol. The summed E-state index contributed by atoms with van der Waals surface area (Å²) in [5.74, 6) is 0.880. The third-order valence-electron chi connectivity index (χ3n) is 3.61. The van der Waals surface area contributed by atoms with E-state index in [1.165, 1.54) is 11.1 Å². The minimum Gasteiger partial charge on any atom is -0.497 e. The molecule has 2 aromatic rings. The first-order valence-corrected chi connectivity index (χ1v) is 6.86. The second-order valence-electron chi connectivity index (χ2n) is 4.95. The van der Waals surface area contributed by atoms with E-state index in [-0.39, 0.29) is 6.10 Å². The number of methoxy groups -OCH3 is 1. The molecule has 0 amide bonds. The highest BCUT2D eigenvalue weighted by atomic mass is 16.5. The van der Waals surface area contributed by atoms with E-state index in [0.29, 0.717) is 6.61 Å². The van der Waals surface area contributed by atoms with E-state index in [9.17, 15) is 0 Å².